The Bertz CT molecular complexity index is 2460. The van der Waals surface area contributed by atoms with Crippen molar-refractivity contribution in [1.82, 2.24) is 4.57 Å². The fourth-order valence-corrected chi connectivity index (χ4v) is 16.4. The number of benzene rings is 2. The molecule has 68 heavy (non-hydrogen) atoms. The van der Waals surface area contributed by atoms with Crippen molar-refractivity contribution < 1.29 is 0 Å². The molecule has 0 N–H and O–H groups in total. The van der Waals surface area contributed by atoms with Gasteiger partial charge in [-0.2, -0.15) is 0 Å². The first-order chi connectivity index (χ1) is 32.9. The van der Waals surface area contributed by atoms with Gasteiger partial charge in [-0.1, -0.05) is 269 Å². The van der Waals surface area contributed by atoms with E-state index in [0.29, 0.717) is 0 Å². The molecule has 0 spiro atoms. The van der Waals surface area contributed by atoms with E-state index in [4.69, 9.17) is 24.4 Å². The lowest BCUT2D eigenvalue weighted by atomic mass is 9.82. The van der Waals surface area contributed by atoms with Crippen molar-refractivity contribution in [3.63, 3.8) is 0 Å². The van der Waals surface area contributed by atoms with E-state index in [1.165, 1.54) is 210 Å². The number of thiophene rings is 2. The number of hydrogen-bond donors (Lipinski definition) is 0. The van der Waals surface area contributed by atoms with Crippen LogP contribution < -0.4 is 0 Å². The highest BCUT2D eigenvalue weighted by molar-refractivity contribution is 8.10. The molecule has 0 unspecified atom stereocenters. The predicted molar refractivity (Wildman–Crippen MR) is 317 cm³/mol. The Hall–Kier alpha value is -1.74. The molecule has 0 fully saturated rings. The summed E-state index contributed by atoms with van der Waals surface area (Å²) in [6.45, 7) is 19.9. The molecule has 0 radical (unpaired) electrons. The fourth-order valence-electron chi connectivity index (χ4n) is 10.3. The number of aryl methyl sites for hydroxylation is 1. The normalized spacial score (nSPS) is 15.3. The van der Waals surface area contributed by atoms with Crippen LogP contribution in [-0.4, -0.2) is 14.3 Å². The van der Waals surface area contributed by atoms with E-state index in [1.807, 2.05) is 34.9 Å². The van der Waals surface area contributed by atoms with Crippen molar-refractivity contribution in [3.8, 4) is 10.4 Å². The zero-order chi connectivity index (χ0) is 48.3. The molecule has 0 saturated heterocycles. The maximum absolute atomic E-state index is 6.24. The fraction of sp³-hybridized carbons (Fsp3) is 0.607. The molecule has 0 amide bonds. The number of unbranched alkanes of at least 4 members (excludes halogenated alkanes) is 18. The molecule has 3 aromatic heterocycles. The Morgan fingerprint density at radius 2 is 0.971 bits per heavy atom. The van der Waals surface area contributed by atoms with E-state index < -0.39 is 0 Å². The molecule has 2 aliphatic heterocycles. The average molecular weight is 1020 g/mol. The molecule has 2 aromatic carbocycles. The zero-order valence-electron chi connectivity index (χ0n) is 43.5. The van der Waals surface area contributed by atoms with Gasteiger partial charge in [-0.05, 0) is 71.4 Å². The summed E-state index contributed by atoms with van der Waals surface area (Å²) in [7, 11) is 0. The second-order valence-corrected chi connectivity index (χ2v) is 26.8. The van der Waals surface area contributed by atoms with E-state index >= 15 is 0 Å². The van der Waals surface area contributed by atoms with Crippen LogP contribution in [0.3, 0.4) is 0 Å². The molecule has 370 valence electrons. The first kappa shape index (κ1) is 54.0. The smallest absolute Gasteiger partial charge is 0.0707 e. The van der Waals surface area contributed by atoms with Crippen LogP contribution in [0.25, 0.3) is 30.9 Å². The highest BCUT2D eigenvalue weighted by atomic mass is 32.2. The van der Waals surface area contributed by atoms with Gasteiger partial charge in [-0.15, -0.1) is 22.7 Å². The number of aromatic nitrogens is 1. The lowest BCUT2D eigenvalue weighted by Gasteiger charge is -2.23. The first-order valence-electron chi connectivity index (χ1n) is 27.4. The maximum atomic E-state index is 6.24. The summed E-state index contributed by atoms with van der Waals surface area (Å²) >= 11 is 20.1. The summed E-state index contributed by atoms with van der Waals surface area (Å²) < 4.78 is 5.72. The third-order valence-electron chi connectivity index (χ3n) is 15.9. The third-order valence-corrected chi connectivity index (χ3v) is 22.3. The van der Waals surface area contributed by atoms with Gasteiger partial charge in [0.15, 0.2) is 0 Å². The monoisotopic (exact) mass is 1020 g/mol. The lowest BCUT2D eigenvalue weighted by Crippen LogP contribution is -2.15. The summed E-state index contributed by atoms with van der Waals surface area (Å²) in [5.74, 6) is 0.804. The molecule has 5 heterocycles. The molecule has 7 heteroatoms. The molecular formula is C61H85NS6. The second kappa shape index (κ2) is 25.8. The topological polar surface area (TPSA) is 4.93 Å². The molecule has 1 nitrogen and oxygen atoms in total. The van der Waals surface area contributed by atoms with Gasteiger partial charge in [-0.25, -0.2) is 0 Å². The van der Waals surface area contributed by atoms with Crippen LogP contribution in [0.5, 0.6) is 0 Å². The Labute approximate surface area is 441 Å². The summed E-state index contributed by atoms with van der Waals surface area (Å²) in [6, 6.07) is 19.0. The maximum Gasteiger partial charge on any atom is 0.0707 e. The minimum atomic E-state index is 0.135. The van der Waals surface area contributed by atoms with Gasteiger partial charge in [0.25, 0.3) is 0 Å². The molecule has 0 bridgehead atoms. The van der Waals surface area contributed by atoms with Gasteiger partial charge >= 0.3 is 0 Å². The highest BCUT2D eigenvalue weighted by Crippen LogP contribution is 2.53. The van der Waals surface area contributed by atoms with Crippen LogP contribution in [0, 0.1) is 5.92 Å². The number of thiocarbonyl (C=S) groups is 2. The van der Waals surface area contributed by atoms with E-state index in [-0.39, 0.29) is 10.8 Å². The highest BCUT2D eigenvalue weighted by Gasteiger charge is 2.34. The summed E-state index contributed by atoms with van der Waals surface area (Å²) in [4.78, 5) is 9.65. The minimum absolute atomic E-state index is 0.135. The van der Waals surface area contributed by atoms with E-state index in [2.05, 4.69) is 120 Å². The van der Waals surface area contributed by atoms with Gasteiger partial charge in [0.1, 0.15) is 0 Å². The molecule has 7 rings (SSSR count). The first-order valence-corrected chi connectivity index (χ1v) is 31.5. The molecular weight excluding hydrogens is 939 g/mol. The van der Waals surface area contributed by atoms with Crippen LogP contribution in [0.4, 0.5) is 0 Å². The van der Waals surface area contributed by atoms with E-state index in [0.717, 1.165) is 44.8 Å². The Morgan fingerprint density at radius 3 is 1.50 bits per heavy atom. The third kappa shape index (κ3) is 13.3. The number of fused-ring (bicyclic) bond motifs is 5. The number of nitrogens with zero attached hydrogens (tertiary/aromatic N) is 1. The van der Waals surface area contributed by atoms with Gasteiger partial charge in [0.05, 0.1) is 30.2 Å². The number of allylic oxidation sites excluding steroid dienone is 2. The van der Waals surface area contributed by atoms with Gasteiger partial charge in [0.2, 0.25) is 0 Å². The van der Waals surface area contributed by atoms with Crippen LogP contribution in [0.2, 0.25) is 0 Å². The van der Waals surface area contributed by atoms with Gasteiger partial charge in [-0.3, -0.25) is 0 Å². The summed E-state index contributed by atoms with van der Waals surface area (Å²) in [6.07, 6.45) is 34.6. The van der Waals surface area contributed by atoms with Crippen LogP contribution in [0.1, 0.15) is 237 Å². The van der Waals surface area contributed by atoms with Crippen LogP contribution >= 0.6 is 70.6 Å². The number of hydrogen-bond acceptors (Lipinski definition) is 6. The van der Waals surface area contributed by atoms with E-state index in [1.54, 1.807) is 0 Å². The largest absolute Gasteiger partial charge is 0.339 e. The second-order valence-electron chi connectivity index (χ2n) is 21.8. The Kier molecular flexibility index (Phi) is 20.5. The zero-order valence-corrected chi connectivity index (χ0v) is 48.4. The van der Waals surface area contributed by atoms with Crippen LogP contribution in [0.15, 0.2) is 68.1 Å². The van der Waals surface area contributed by atoms with Crippen molar-refractivity contribution in [3.05, 3.63) is 79.9 Å². The number of thioether (sulfide) groups is 2. The van der Waals surface area contributed by atoms with Crippen molar-refractivity contribution in [2.24, 2.45) is 5.92 Å². The van der Waals surface area contributed by atoms with Crippen molar-refractivity contribution in [1.29, 1.82) is 0 Å². The molecule has 2 aliphatic rings. The molecule has 0 atom stereocenters. The Morgan fingerprint density at radius 1 is 0.500 bits per heavy atom. The predicted octanol–water partition coefficient (Wildman–Crippen LogP) is 22.1. The van der Waals surface area contributed by atoms with Crippen molar-refractivity contribution >= 4 is 101 Å². The lowest BCUT2D eigenvalue weighted by molar-refractivity contribution is 0.364. The summed E-state index contributed by atoms with van der Waals surface area (Å²) in [5, 5.41) is 0. The quantitative estimate of drug-likeness (QED) is 0.0256. The number of rotatable bonds is 30. The molecule has 5 aromatic rings. The Balaban J connectivity index is 1.08. The standard InChI is InChI=1S/C61H85NS6/c1-9-13-15-17-19-21-23-25-27-29-31-43(32-30-28-26-24-22-20-18-16-14-10-2)37-38-62-48-41-50(65-56(48)57-49(62)42-53(68-57)61(7,8)12-4)44-33-35-46-51(39-44)66-58(54(46)63)59-55(64)47-36-34-45(40-52(47)67-59)60(5,6)11-3/h33-36,39-43H,9-32,37-38H2,1-8H3/b59-58+. The van der Waals surface area contributed by atoms with Gasteiger partial charge < -0.3 is 4.57 Å². The SMILES string of the molecule is CCCCCCCCCCCCC(CCCCCCCCCCCC)CCn1c2cc(-c3ccc4c(c3)S/C(=C3/Sc5cc(C(C)(C)CC)ccc5C3=S)C4=S)sc2c2sc(C(C)(C)CC)cc21. The summed E-state index contributed by atoms with van der Waals surface area (Å²) in [5.41, 5.74) is 8.25. The molecule has 0 aliphatic carbocycles. The average Bonchev–Trinajstić information content (AvgIpc) is 4.16. The minimum Gasteiger partial charge on any atom is -0.339 e. The van der Waals surface area contributed by atoms with Crippen LogP contribution in [-0.2, 0) is 17.4 Å². The molecule has 0 saturated carbocycles. The van der Waals surface area contributed by atoms with Crippen molar-refractivity contribution in [2.45, 2.75) is 243 Å². The van der Waals surface area contributed by atoms with E-state index in [9.17, 15) is 0 Å². The van der Waals surface area contributed by atoms with Crippen molar-refractivity contribution in [2.75, 3.05) is 0 Å². The van der Waals surface area contributed by atoms with Gasteiger partial charge in [0, 0.05) is 47.0 Å².